The van der Waals surface area contributed by atoms with E-state index < -0.39 is 0 Å². The molecule has 1 amide bonds. The SMILES string of the molecule is CCCCCCCCCCCCC(C)(C)c1cccc(N(C)C)c1CCCNC(=O)c1ccccc1. The average molecular weight is 493 g/mol. The summed E-state index contributed by atoms with van der Waals surface area (Å²) in [5.41, 5.74) is 5.09. The highest BCUT2D eigenvalue weighted by molar-refractivity contribution is 5.94. The Morgan fingerprint density at radius 3 is 2.00 bits per heavy atom. The number of amides is 1. The monoisotopic (exact) mass is 492 g/mol. The maximum absolute atomic E-state index is 12.4. The first-order valence-corrected chi connectivity index (χ1v) is 14.5. The minimum absolute atomic E-state index is 0.0120. The molecule has 2 rings (SSSR count). The first-order valence-electron chi connectivity index (χ1n) is 14.5. The number of anilines is 1. The summed E-state index contributed by atoms with van der Waals surface area (Å²) in [5, 5.41) is 3.10. The molecule has 0 aliphatic carbocycles. The van der Waals surface area contributed by atoms with Gasteiger partial charge in [-0.25, -0.2) is 0 Å². The Kier molecular flexibility index (Phi) is 13.7. The summed E-state index contributed by atoms with van der Waals surface area (Å²) in [6.07, 6.45) is 16.9. The molecule has 36 heavy (non-hydrogen) atoms. The number of unbranched alkanes of at least 4 members (excludes halogenated alkanes) is 9. The molecular weight excluding hydrogens is 440 g/mol. The van der Waals surface area contributed by atoms with E-state index in [1.165, 1.54) is 87.4 Å². The number of nitrogens with zero attached hydrogens (tertiary/aromatic N) is 1. The first-order chi connectivity index (χ1) is 17.4. The third-order valence-corrected chi connectivity index (χ3v) is 7.44. The van der Waals surface area contributed by atoms with Crippen LogP contribution in [-0.2, 0) is 11.8 Å². The van der Waals surface area contributed by atoms with E-state index in [0.29, 0.717) is 6.54 Å². The highest BCUT2D eigenvalue weighted by Gasteiger charge is 2.25. The Bertz CT molecular complexity index is 873. The molecule has 3 heteroatoms. The van der Waals surface area contributed by atoms with Crippen LogP contribution in [0.1, 0.15) is 119 Å². The van der Waals surface area contributed by atoms with Crippen molar-refractivity contribution in [3.63, 3.8) is 0 Å². The normalized spacial score (nSPS) is 11.5. The second kappa shape index (κ2) is 16.5. The van der Waals surface area contributed by atoms with Crippen LogP contribution >= 0.6 is 0 Å². The molecular formula is C33H52N2O. The molecule has 0 atom stereocenters. The van der Waals surface area contributed by atoms with Gasteiger partial charge in [-0.2, -0.15) is 0 Å². The summed E-state index contributed by atoms with van der Waals surface area (Å²) in [7, 11) is 4.27. The van der Waals surface area contributed by atoms with Gasteiger partial charge in [-0.3, -0.25) is 4.79 Å². The van der Waals surface area contributed by atoms with E-state index in [1.807, 2.05) is 30.3 Å². The highest BCUT2D eigenvalue weighted by Crippen LogP contribution is 2.36. The molecule has 2 aromatic carbocycles. The summed E-state index contributed by atoms with van der Waals surface area (Å²) in [4.78, 5) is 14.6. The van der Waals surface area contributed by atoms with Crippen LogP contribution in [-0.4, -0.2) is 26.5 Å². The largest absolute Gasteiger partial charge is 0.377 e. The van der Waals surface area contributed by atoms with E-state index in [9.17, 15) is 4.79 Å². The topological polar surface area (TPSA) is 32.3 Å². The van der Waals surface area contributed by atoms with Crippen molar-refractivity contribution in [3.05, 3.63) is 65.2 Å². The van der Waals surface area contributed by atoms with Gasteiger partial charge in [0, 0.05) is 31.9 Å². The van der Waals surface area contributed by atoms with Crippen LogP contribution in [0, 0.1) is 0 Å². The third kappa shape index (κ3) is 10.4. The third-order valence-electron chi connectivity index (χ3n) is 7.44. The summed E-state index contributed by atoms with van der Waals surface area (Å²) in [6, 6.07) is 16.3. The number of carbonyl (C=O) groups is 1. The van der Waals surface area contributed by atoms with Crippen LogP contribution in [0.4, 0.5) is 5.69 Å². The molecule has 0 unspecified atom stereocenters. The van der Waals surface area contributed by atoms with Gasteiger partial charge < -0.3 is 10.2 Å². The Hall–Kier alpha value is -2.29. The smallest absolute Gasteiger partial charge is 0.251 e. The summed E-state index contributed by atoms with van der Waals surface area (Å²) in [5.74, 6) is 0.0120. The second-order valence-corrected chi connectivity index (χ2v) is 11.2. The molecule has 0 radical (unpaired) electrons. The van der Waals surface area contributed by atoms with Crippen molar-refractivity contribution in [3.8, 4) is 0 Å². The predicted molar refractivity (Wildman–Crippen MR) is 157 cm³/mol. The zero-order chi connectivity index (χ0) is 26.2. The molecule has 2 aromatic rings. The van der Waals surface area contributed by atoms with Gasteiger partial charge in [-0.1, -0.05) is 115 Å². The van der Waals surface area contributed by atoms with E-state index in [2.05, 4.69) is 63.3 Å². The first kappa shape index (κ1) is 29.9. The van der Waals surface area contributed by atoms with Gasteiger partial charge in [0.25, 0.3) is 5.91 Å². The lowest BCUT2D eigenvalue weighted by molar-refractivity contribution is 0.0953. The van der Waals surface area contributed by atoms with Crippen molar-refractivity contribution >= 4 is 11.6 Å². The highest BCUT2D eigenvalue weighted by atomic mass is 16.1. The molecule has 0 saturated carbocycles. The minimum atomic E-state index is 0.0120. The lowest BCUT2D eigenvalue weighted by Crippen LogP contribution is -2.26. The zero-order valence-electron chi connectivity index (χ0n) is 23.9. The molecule has 1 N–H and O–H groups in total. The standard InChI is InChI=1S/C33H52N2O/c1-6-7-8-9-10-11-12-13-14-18-26-33(2,3)30-24-19-25-31(35(4)5)29(30)23-20-27-34-32(36)28-21-16-15-17-22-28/h15-17,19,21-22,24-25H,6-14,18,20,23,26-27H2,1-5H3,(H,34,36). The molecule has 0 saturated heterocycles. The summed E-state index contributed by atoms with van der Waals surface area (Å²) >= 11 is 0. The quantitative estimate of drug-likeness (QED) is 0.211. The minimum Gasteiger partial charge on any atom is -0.377 e. The van der Waals surface area contributed by atoms with Crippen molar-refractivity contribution in [2.24, 2.45) is 0 Å². The molecule has 0 aliphatic rings. The molecule has 3 nitrogen and oxygen atoms in total. The lowest BCUT2D eigenvalue weighted by atomic mass is 9.76. The van der Waals surface area contributed by atoms with Crippen LogP contribution in [0.5, 0.6) is 0 Å². The van der Waals surface area contributed by atoms with Crippen LogP contribution in [0.25, 0.3) is 0 Å². The lowest BCUT2D eigenvalue weighted by Gasteiger charge is -2.31. The van der Waals surface area contributed by atoms with Gasteiger partial charge in [-0.05, 0) is 54.0 Å². The fraction of sp³-hybridized carbons (Fsp3) is 0.606. The van der Waals surface area contributed by atoms with Gasteiger partial charge in [-0.15, -0.1) is 0 Å². The Morgan fingerprint density at radius 2 is 1.39 bits per heavy atom. The summed E-state index contributed by atoms with van der Waals surface area (Å²) < 4.78 is 0. The van der Waals surface area contributed by atoms with Gasteiger partial charge in [0.15, 0.2) is 0 Å². The number of nitrogens with one attached hydrogen (secondary N) is 1. The maximum atomic E-state index is 12.4. The number of carbonyl (C=O) groups excluding carboxylic acids is 1. The van der Waals surface area contributed by atoms with Crippen molar-refractivity contribution in [1.29, 1.82) is 0 Å². The van der Waals surface area contributed by atoms with E-state index in [1.54, 1.807) is 0 Å². The van der Waals surface area contributed by atoms with E-state index in [0.717, 1.165) is 18.4 Å². The van der Waals surface area contributed by atoms with E-state index >= 15 is 0 Å². The Labute approximate surface area is 222 Å². The van der Waals surface area contributed by atoms with Gasteiger partial charge >= 0.3 is 0 Å². The van der Waals surface area contributed by atoms with Crippen molar-refractivity contribution in [2.75, 3.05) is 25.5 Å². The van der Waals surface area contributed by atoms with E-state index in [-0.39, 0.29) is 11.3 Å². The average Bonchev–Trinajstić information content (AvgIpc) is 2.87. The second-order valence-electron chi connectivity index (χ2n) is 11.2. The molecule has 0 spiro atoms. The molecule has 200 valence electrons. The Balaban J connectivity index is 1.87. The predicted octanol–water partition coefficient (Wildman–Crippen LogP) is 8.70. The molecule has 0 fully saturated rings. The van der Waals surface area contributed by atoms with Gasteiger partial charge in [0.1, 0.15) is 0 Å². The van der Waals surface area contributed by atoms with Crippen LogP contribution in [0.15, 0.2) is 48.5 Å². The number of hydrogen-bond donors (Lipinski definition) is 1. The summed E-state index contributed by atoms with van der Waals surface area (Å²) in [6.45, 7) is 7.80. The van der Waals surface area contributed by atoms with Crippen molar-refractivity contribution < 1.29 is 4.79 Å². The van der Waals surface area contributed by atoms with Gasteiger partial charge in [0.05, 0.1) is 0 Å². The van der Waals surface area contributed by atoms with Crippen molar-refractivity contribution in [1.82, 2.24) is 5.32 Å². The van der Waals surface area contributed by atoms with Crippen LogP contribution in [0.2, 0.25) is 0 Å². The van der Waals surface area contributed by atoms with Gasteiger partial charge in [0.2, 0.25) is 0 Å². The zero-order valence-corrected chi connectivity index (χ0v) is 23.9. The number of hydrogen-bond acceptors (Lipinski definition) is 2. The fourth-order valence-corrected chi connectivity index (χ4v) is 5.24. The van der Waals surface area contributed by atoms with Crippen molar-refractivity contribution in [2.45, 2.75) is 110 Å². The fourth-order valence-electron chi connectivity index (χ4n) is 5.24. The number of benzene rings is 2. The molecule has 0 bridgehead atoms. The van der Waals surface area contributed by atoms with Crippen LogP contribution in [0.3, 0.4) is 0 Å². The molecule has 0 heterocycles. The van der Waals surface area contributed by atoms with E-state index in [4.69, 9.17) is 0 Å². The molecule has 0 aromatic heterocycles. The molecule has 0 aliphatic heterocycles. The number of rotatable bonds is 18. The Morgan fingerprint density at radius 1 is 0.778 bits per heavy atom. The maximum Gasteiger partial charge on any atom is 0.251 e. The van der Waals surface area contributed by atoms with Crippen LogP contribution < -0.4 is 10.2 Å².